The molecule has 0 fully saturated rings. The second kappa shape index (κ2) is 8.42. The molecule has 0 heterocycles. The van der Waals surface area contributed by atoms with Gasteiger partial charge >= 0.3 is 0 Å². The first kappa shape index (κ1) is 17.9. The fourth-order valence-corrected chi connectivity index (χ4v) is 2.07. The summed E-state index contributed by atoms with van der Waals surface area (Å²) in [5.41, 5.74) is 3.13. The normalized spacial score (nSPS) is 10.6. The van der Waals surface area contributed by atoms with E-state index in [2.05, 4.69) is 15.8 Å². The van der Waals surface area contributed by atoms with Gasteiger partial charge in [0, 0.05) is 11.3 Å². The van der Waals surface area contributed by atoms with Gasteiger partial charge in [0.15, 0.2) is 0 Å². The minimum absolute atomic E-state index is 0.311. The Morgan fingerprint density at radius 3 is 2.50 bits per heavy atom. The number of nitrogens with zero attached hydrogens (tertiary/aromatic N) is 1. The predicted molar refractivity (Wildman–Crippen MR) is 91.8 cm³/mol. The molecule has 0 atom stereocenters. The van der Waals surface area contributed by atoms with Crippen LogP contribution in [0.3, 0.4) is 0 Å². The van der Waals surface area contributed by atoms with Gasteiger partial charge in [0.25, 0.3) is 0 Å². The molecule has 0 aliphatic heterocycles. The smallest absolute Gasteiger partial charge is 0.249 e. The molecule has 0 aromatic heterocycles. The fourth-order valence-electron chi connectivity index (χ4n) is 1.72. The van der Waals surface area contributed by atoms with Crippen molar-refractivity contribution >= 4 is 46.9 Å². The SMILES string of the molecule is O=C(CC(=O)Nc1ccc(F)cc1)NN=Cc1cccc(Cl)c1Cl. The maximum absolute atomic E-state index is 12.8. The first-order chi connectivity index (χ1) is 11.5. The van der Waals surface area contributed by atoms with E-state index in [1.54, 1.807) is 18.2 Å². The van der Waals surface area contributed by atoms with Crippen LogP contribution in [0.15, 0.2) is 47.6 Å². The highest BCUT2D eigenvalue weighted by Gasteiger charge is 2.09. The Balaban J connectivity index is 1.84. The van der Waals surface area contributed by atoms with Crippen LogP contribution in [0.4, 0.5) is 10.1 Å². The standard InChI is InChI=1S/C16H12Cl2FN3O2/c17-13-3-1-2-10(16(13)18)9-20-22-15(24)8-14(23)21-12-6-4-11(19)5-7-12/h1-7,9H,8H2,(H,21,23)(H,22,24). The largest absolute Gasteiger partial charge is 0.326 e. The van der Waals surface area contributed by atoms with E-state index < -0.39 is 24.1 Å². The third kappa shape index (κ3) is 5.33. The van der Waals surface area contributed by atoms with E-state index in [1.165, 1.54) is 30.5 Å². The molecule has 124 valence electrons. The molecule has 5 nitrogen and oxygen atoms in total. The molecule has 2 rings (SSSR count). The number of halogens is 3. The van der Waals surface area contributed by atoms with Gasteiger partial charge in [0.2, 0.25) is 11.8 Å². The van der Waals surface area contributed by atoms with E-state index in [1.807, 2.05) is 0 Å². The quantitative estimate of drug-likeness (QED) is 0.481. The molecule has 2 aromatic rings. The maximum atomic E-state index is 12.8. The lowest BCUT2D eigenvalue weighted by Crippen LogP contribution is -2.24. The van der Waals surface area contributed by atoms with Crippen molar-refractivity contribution in [3.63, 3.8) is 0 Å². The average molecular weight is 368 g/mol. The van der Waals surface area contributed by atoms with Crippen LogP contribution < -0.4 is 10.7 Å². The molecule has 2 aromatic carbocycles. The van der Waals surface area contributed by atoms with Crippen molar-refractivity contribution in [1.82, 2.24) is 5.43 Å². The van der Waals surface area contributed by atoms with Crippen molar-refractivity contribution in [2.45, 2.75) is 6.42 Å². The predicted octanol–water partition coefficient (Wildman–Crippen LogP) is 3.61. The van der Waals surface area contributed by atoms with Gasteiger partial charge in [-0.2, -0.15) is 5.10 Å². The van der Waals surface area contributed by atoms with Crippen molar-refractivity contribution in [1.29, 1.82) is 0 Å². The van der Waals surface area contributed by atoms with Crippen LogP contribution >= 0.6 is 23.2 Å². The van der Waals surface area contributed by atoms with Crippen LogP contribution in [0.5, 0.6) is 0 Å². The van der Waals surface area contributed by atoms with E-state index in [4.69, 9.17) is 23.2 Å². The highest BCUT2D eigenvalue weighted by molar-refractivity contribution is 6.43. The summed E-state index contributed by atoms with van der Waals surface area (Å²) in [4.78, 5) is 23.3. The molecule has 0 aliphatic rings. The number of carbonyl (C=O) groups is 2. The lowest BCUT2D eigenvalue weighted by Gasteiger charge is -2.04. The van der Waals surface area contributed by atoms with Gasteiger partial charge in [0.05, 0.1) is 16.3 Å². The van der Waals surface area contributed by atoms with Gasteiger partial charge in [-0.15, -0.1) is 0 Å². The first-order valence-electron chi connectivity index (χ1n) is 6.77. The Hall–Kier alpha value is -2.44. The Labute approximate surface area is 147 Å². The molecule has 0 aliphatic carbocycles. The summed E-state index contributed by atoms with van der Waals surface area (Å²) < 4.78 is 12.8. The molecule has 0 bridgehead atoms. The zero-order valence-corrected chi connectivity index (χ0v) is 13.7. The molecule has 24 heavy (non-hydrogen) atoms. The summed E-state index contributed by atoms with van der Waals surface area (Å²) in [6, 6.07) is 10.2. The van der Waals surface area contributed by atoms with Crippen molar-refractivity contribution in [2.24, 2.45) is 5.10 Å². The Morgan fingerprint density at radius 1 is 1.08 bits per heavy atom. The third-order valence-corrected chi connectivity index (χ3v) is 3.66. The van der Waals surface area contributed by atoms with Crippen molar-refractivity contribution < 1.29 is 14.0 Å². The fraction of sp³-hybridized carbons (Fsp3) is 0.0625. The first-order valence-corrected chi connectivity index (χ1v) is 7.52. The number of hydrazone groups is 1. The maximum Gasteiger partial charge on any atom is 0.249 e. The van der Waals surface area contributed by atoms with Gasteiger partial charge in [-0.25, -0.2) is 9.82 Å². The zero-order valence-electron chi connectivity index (χ0n) is 12.2. The molecule has 2 N–H and O–H groups in total. The highest BCUT2D eigenvalue weighted by Crippen LogP contribution is 2.24. The highest BCUT2D eigenvalue weighted by atomic mass is 35.5. The van der Waals surface area contributed by atoms with E-state index in [0.717, 1.165) is 0 Å². The number of nitrogens with one attached hydrogen (secondary N) is 2. The second-order valence-corrected chi connectivity index (χ2v) is 5.45. The number of benzene rings is 2. The Morgan fingerprint density at radius 2 is 1.79 bits per heavy atom. The van der Waals surface area contributed by atoms with Crippen LogP contribution in [-0.2, 0) is 9.59 Å². The average Bonchev–Trinajstić information content (AvgIpc) is 2.53. The zero-order chi connectivity index (χ0) is 17.5. The van der Waals surface area contributed by atoms with Crippen LogP contribution in [0.1, 0.15) is 12.0 Å². The van der Waals surface area contributed by atoms with Crippen LogP contribution in [-0.4, -0.2) is 18.0 Å². The topological polar surface area (TPSA) is 70.6 Å². The summed E-state index contributed by atoms with van der Waals surface area (Å²) in [5.74, 6) is -1.57. The van der Waals surface area contributed by atoms with Crippen LogP contribution in [0, 0.1) is 5.82 Å². The number of rotatable bonds is 5. The van der Waals surface area contributed by atoms with Gasteiger partial charge in [-0.1, -0.05) is 35.3 Å². The van der Waals surface area contributed by atoms with E-state index in [9.17, 15) is 14.0 Å². The van der Waals surface area contributed by atoms with Crippen molar-refractivity contribution in [3.05, 3.63) is 63.9 Å². The van der Waals surface area contributed by atoms with Crippen molar-refractivity contribution in [3.8, 4) is 0 Å². The van der Waals surface area contributed by atoms with Gasteiger partial charge in [0.1, 0.15) is 12.2 Å². The molecule has 0 unspecified atom stereocenters. The lowest BCUT2D eigenvalue weighted by atomic mass is 10.2. The summed E-state index contributed by atoms with van der Waals surface area (Å²) in [5, 5.41) is 6.86. The molecular formula is C16H12Cl2FN3O2. The molecule has 2 amide bonds. The van der Waals surface area contributed by atoms with E-state index in [-0.39, 0.29) is 0 Å². The molecule has 0 saturated carbocycles. The minimum Gasteiger partial charge on any atom is -0.326 e. The van der Waals surface area contributed by atoms with Crippen LogP contribution in [0.25, 0.3) is 0 Å². The van der Waals surface area contributed by atoms with E-state index in [0.29, 0.717) is 21.3 Å². The van der Waals surface area contributed by atoms with E-state index >= 15 is 0 Å². The molecule has 0 radical (unpaired) electrons. The van der Waals surface area contributed by atoms with Crippen LogP contribution in [0.2, 0.25) is 10.0 Å². The molecule has 8 heteroatoms. The Kier molecular flexibility index (Phi) is 6.28. The lowest BCUT2D eigenvalue weighted by molar-refractivity contribution is -0.126. The third-order valence-electron chi connectivity index (χ3n) is 2.82. The number of carbonyl (C=O) groups excluding carboxylic acids is 2. The summed E-state index contributed by atoms with van der Waals surface area (Å²) >= 11 is 11.8. The number of hydrogen-bond donors (Lipinski definition) is 2. The summed E-state index contributed by atoms with van der Waals surface area (Å²) in [6.45, 7) is 0. The molecular weight excluding hydrogens is 356 g/mol. The minimum atomic E-state index is -0.607. The monoisotopic (exact) mass is 367 g/mol. The van der Waals surface area contributed by atoms with Crippen molar-refractivity contribution in [2.75, 3.05) is 5.32 Å². The summed E-state index contributed by atoms with van der Waals surface area (Å²) in [6.07, 6.45) is 0.891. The number of amides is 2. The van der Waals surface area contributed by atoms with Gasteiger partial charge in [-0.05, 0) is 30.3 Å². The Bertz CT molecular complexity index is 779. The van der Waals surface area contributed by atoms with Gasteiger partial charge in [-0.3, -0.25) is 9.59 Å². The second-order valence-electron chi connectivity index (χ2n) is 4.67. The molecule has 0 saturated heterocycles. The van der Waals surface area contributed by atoms with Gasteiger partial charge < -0.3 is 5.32 Å². The molecule has 0 spiro atoms. The number of anilines is 1. The number of hydrogen-bond acceptors (Lipinski definition) is 3. The summed E-state index contributed by atoms with van der Waals surface area (Å²) in [7, 11) is 0.